The van der Waals surface area contributed by atoms with Gasteiger partial charge < -0.3 is 19.0 Å². The molecule has 0 unspecified atom stereocenters. The van der Waals surface area contributed by atoms with Gasteiger partial charge in [-0.2, -0.15) is 0 Å². The maximum absolute atomic E-state index is 12.5. The fourth-order valence-electron chi connectivity index (χ4n) is 2.72. The van der Waals surface area contributed by atoms with E-state index >= 15 is 0 Å². The van der Waals surface area contributed by atoms with E-state index in [1.807, 2.05) is 41.0 Å². The van der Waals surface area contributed by atoms with E-state index in [9.17, 15) is 4.79 Å². The summed E-state index contributed by atoms with van der Waals surface area (Å²) in [6.45, 7) is 7.10. The number of hydrogen-bond donors (Lipinski definition) is 0. The van der Waals surface area contributed by atoms with E-state index in [2.05, 4.69) is 10.2 Å². The first kappa shape index (κ1) is 16.3. The highest BCUT2D eigenvalue weighted by Crippen LogP contribution is 2.16. The van der Waals surface area contributed by atoms with Crippen molar-refractivity contribution in [3.63, 3.8) is 0 Å². The molecule has 0 N–H and O–H groups in total. The van der Waals surface area contributed by atoms with Gasteiger partial charge in [0, 0.05) is 33.1 Å². The zero-order valence-corrected chi connectivity index (χ0v) is 14.1. The van der Waals surface area contributed by atoms with Crippen molar-refractivity contribution in [1.82, 2.24) is 15.1 Å². The molecule has 24 heavy (non-hydrogen) atoms. The van der Waals surface area contributed by atoms with Crippen molar-refractivity contribution in [1.29, 1.82) is 0 Å². The van der Waals surface area contributed by atoms with Gasteiger partial charge in [0.1, 0.15) is 5.75 Å². The van der Waals surface area contributed by atoms with Gasteiger partial charge in [-0.15, -0.1) is 5.10 Å². The van der Waals surface area contributed by atoms with Gasteiger partial charge >= 0.3 is 6.01 Å². The van der Waals surface area contributed by atoms with Gasteiger partial charge in [0.25, 0.3) is 0 Å². The molecular weight excluding hydrogens is 308 g/mol. The van der Waals surface area contributed by atoms with Crippen LogP contribution in [0.3, 0.4) is 0 Å². The van der Waals surface area contributed by atoms with Crippen LogP contribution in [-0.2, 0) is 11.2 Å². The van der Waals surface area contributed by atoms with Crippen LogP contribution in [0.1, 0.15) is 18.4 Å². The number of piperazine rings is 1. The SMILES string of the molecule is CCOc1ccc(CC(=O)N2CCN(c3nnc(C)o3)CC2)cc1. The minimum atomic E-state index is 0.139. The molecule has 2 heterocycles. The monoisotopic (exact) mass is 330 g/mol. The number of nitrogens with zero attached hydrogens (tertiary/aromatic N) is 4. The smallest absolute Gasteiger partial charge is 0.318 e. The maximum atomic E-state index is 12.5. The molecule has 1 aromatic heterocycles. The molecule has 1 fully saturated rings. The number of benzene rings is 1. The number of ether oxygens (including phenoxy) is 1. The van der Waals surface area contributed by atoms with Gasteiger partial charge in [0.15, 0.2) is 0 Å². The quantitative estimate of drug-likeness (QED) is 0.830. The topological polar surface area (TPSA) is 71.7 Å². The summed E-state index contributed by atoms with van der Waals surface area (Å²) >= 11 is 0. The van der Waals surface area contributed by atoms with E-state index in [-0.39, 0.29) is 5.91 Å². The minimum Gasteiger partial charge on any atom is -0.494 e. The number of aromatic nitrogens is 2. The average molecular weight is 330 g/mol. The van der Waals surface area contributed by atoms with E-state index in [0.717, 1.165) is 11.3 Å². The van der Waals surface area contributed by atoms with Crippen LogP contribution in [0.25, 0.3) is 0 Å². The number of anilines is 1. The van der Waals surface area contributed by atoms with Gasteiger partial charge in [-0.25, -0.2) is 0 Å². The van der Waals surface area contributed by atoms with Gasteiger partial charge in [-0.3, -0.25) is 4.79 Å². The lowest BCUT2D eigenvalue weighted by atomic mass is 10.1. The molecule has 0 radical (unpaired) electrons. The Morgan fingerprint density at radius 2 is 1.88 bits per heavy atom. The van der Waals surface area contributed by atoms with Crippen molar-refractivity contribution < 1.29 is 13.9 Å². The molecule has 0 aliphatic carbocycles. The van der Waals surface area contributed by atoms with Gasteiger partial charge in [-0.1, -0.05) is 17.2 Å². The molecule has 0 spiro atoms. The standard InChI is InChI=1S/C17H22N4O3/c1-3-23-15-6-4-14(5-7-15)12-16(22)20-8-10-21(11-9-20)17-19-18-13(2)24-17/h4-7H,3,8-12H2,1-2H3. The number of aryl methyl sites for hydroxylation is 1. The van der Waals surface area contributed by atoms with Crippen molar-refractivity contribution in [2.24, 2.45) is 0 Å². The van der Waals surface area contributed by atoms with E-state index < -0.39 is 0 Å². The second-order valence-electron chi connectivity index (χ2n) is 5.73. The molecule has 128 valence electrons. The fourth-order valence-corrected chi connectivity index (χ4v) is 2.72. The Morgan fingerprint density at radius 1 is 1.17 bits per heavy atom. The van der Waals surface area contributed by atoms with Crippen molar-refractivity contribution in [3.8, 4) is 5.75 Å². The molecule has 3 rings (SSSR count). The van der Waals surface area contributed by atoms with Crippen LogP contribution in [0.5, 0.6) is 5.75 Å². The summed E-state index contributed by atoms with van der Waals surface area (Å²) < 4.78 is 10.9. The average Bonchev–Trinajstić information content (AvgIpc) is 3.03. The molecule has 7 heteroatoms. The Labute approximate surface area is 141 Å². The molecule has 2 aromatic rings. The number of hydrogen-bond acceptors (Lipinski definition) is 6. The summed E-state index contributed by atoms with van der Waals surface area (Å²) in [5.41, 5.74) is 0.999. The largest absolute Gasteiger partial charge is 0.494 e. The van der Waals surface area contributed by atoms with Crippen molar-refractivity contribution in [2.75, 3.05) is 37.7 Å². The van der Waals surface area contributed by atoms with Crippen LogP contribution >= 0.6 is 0 Å². The summed E-state index contributed by atoms with van der Waals surface area (Å²) in [5.74, 6) is 1.52. The van der Waals surface area contributed by atoms with Crippen molar-refractivity contribution in [2.45, 2.75) is 20.3 Å². The lowest BCUT2D eigenvalue weighted by Gasteiger charge is -2.33. The zero-order valence-electron chi connectivity index (χ0n) is 14.1. The highest BCUT2D eigenvalue weighted by atomic mass is 16.5. The molecule has 0 atom stereocenters. The van der Waals surface area contributed by atoms with E-state index in [1.165, 1.54) is 0 Å². The number of amides is 1. The van der Waals surface area contributed by atoms with Gasteiger partial charge in [0.05, 0.1) is 13.0 Å². The Morgan fingerprint density at radius 3 is 2.46 bits per heavy atom. The zero-order chi connectivity index (χ0) is 16.9. The molecule has 1 aromatic carbocycles. The number of carbonyl (C=O) groups is 1. The van der Waals surface area contributed by atoms with Crippen LogP contribution in [0.4, 0.5) is 6.01 Å². The van der Waals surface area contributed by atoms with Crippen LogP contribution in [-0.4, -0.2) is 53.8 Å². The Bertz CT molecular complexity index is 675. The molecule has 1 aliphatic rings. The predicted octanol–water partition coefficient (Wildman–Crippen LogP) is 1.67. The summed E-state index contributed by atoms with van der Waals surface area (Å²) in [7, 11) is 0. The number of carbonyl (C=O) groups excluding carboxylic acids is 1. The Balaban J connectivity index is 1.51. The van der Waals surface area contributed by atoms with Crippen LogP contribution < -0.4 is 9.64 Å². The highest BCUT2D eigenvalue weighted by Gasteiger charge is 2.23. The maximum Gasteiger partial charge on any atom is 0.318 e. The lowest BCUT2D eigenvalue weighted by molar-refractivity contribution is -0.130. The summed E-state index contributed by atoms with van der Waals surface area (Å²) in [5, 5.41) is 7.87. The first-order chi connectivity index (χ1) is 11.7. The minimum absolute atomic E-state index is 0.139. The second-order valence-corrected chi connectivity index (χ2v) is 5.73. The lowest BCUT2D eigenvalue weighted by Crippen LogP contribution is -2.49. The van der Waals surface area contributed by atoms with Gasteiger partial charge in [0.2, 0.25) is 11.8 Å². The second kappa shape index (κ2) is 7.33. The molecule has 7 nitrogen and oxygen atoms in total. The molecule has 1 amide bonds. The van der Waals surface area contributed by atoms with E-state index in [0.29, 0.717) is 51.1 Å². The van der Waals surface area contributed by atoms with E-state index in [4.69, 9.17) is 9.15 Å². The third kappa shape index (κ3) is 3.84. The van der Waals surface area contributed by atoms with E-state index in [1.54, 1.807) is 6.92 Å². The number of rotatable bonds is 5. The summed E-state index contributed by atoms with van der Waals surface area (Å²) in [4.78, 5) is 16.3. The molecule has 0 saturated carbocycles. The fraction of sp³-hybridized carbons (Fsp3) is 0.471. The first-order valence-corrected chi connectivity index (χ1v) is 8.20. The predicted molar refractivity (Wildman–Crippen MR) is 89.1 cm³/mol. The van der Waals surface area contributed by atoms with Crippen LogP contribution in [0.2, 0.25) is 0 Å². The normalized spacial score (nSPS) is 14.8. The molecule has 0 bridgehead atoms. The third-order valence-electron chi connectivity index (χ3n) is 4.01. The Kier molecular flexibility index (Phi) is 4.98. The van der Waals surface area contributed by atoms with Crippen molar-refractivity contribution in [3.05, 3.63) is 35.7 Å². The van der Waals surface area contributed by atoms with Crippen LogP contribution in [0.15, 0.2) is 28.7 Å². The highest BCUT2D eigenvalue weighted by molar-refractivity contribution is 5.79. The molecule has 1 aliphatic heterocycles. The molecule has 1 saturated heterocycles. The van der Waals surface area contributed by atoms with Crippen molar-refractivity contribution >= 4 is 11.9 Å². The summed E-state index contributed by atoms with van der Waals surface area (Å²) in [6.07, 6.45) is 0.409. The molecular formula is C17H22N4O3. The first-order valence-electron chi connectivity index (χ1n) is 8.20. The third-order valence-corrected chi connectivity index (χ3v) is 4.01. The Hall–Kier alpha value is -2.57. The summed E-state index contributed by atoms with van der Waals surface area (Å²) in [6, 6.07) is 8.23. The van der Waals surface area contributed by atoms with Crippen LogP contribution in [0, 0.1) is 6.92 Å². The van der Waals surface area contributed by atoms with Gasteiger partial charge in [-0.05, 0) is 24.6 Å².